The quantitative estimate of drug-likeness (QED) is 0.757. The average Bonchev–Trinajstić information content (AvgIpc) is 3.03. The van der Waals surface area contributed by atoms with Crippen molar-refractivity contribution in [1.82, 2.24) is 9.88 Å². The van der Waals surface area contributed by atoms with E-state index < -0.39 is 0 Å². The Bertz CT molecular complexity index is 996. The van der Waals surface area contributed by atoms with E-state index in [2.05, 4.69) is 4.98 Å². The van der Waals surface area contributed by atoms with Gasteiger partial charge in [-0.1, -0.05) is 11.6 Å². The fraction of sp³-hybridized carbons (Fsp3) is 0.250. The molecule has 1 amide bonds. The van der Waals surface area contributed by atoms with Gasteiger partial charge in [0.15, 0.2) is 11.5 Å². The van der Waals surface area contributed by atoms with E-state index >= 15 is 0 Å². The number of methoxy groups -OCH3 is 2. The second-order valence-electron chi connectivity index (χ2n) is 6.32. The molecule has 1 aliphatic heterocycles. The molecule has 0 saturated heterocycles. The minimum Gasteiger partial charge on any atom is -0.493 e. The Morgan fingerprint density at radius 2 is 1.92 bits per heavy atom. The molecule has 1 aromatic heterocycles. The van der Waals surface area contributed by atoms with Crippen molar-refractivity contribution < 1.29 is 14.3 Å². The fourth-order valence-electron chi connectivity index (χ4n) is 3.51. The van der Waals surface area contributed by atoms with E-state index in [1.807, 2.05) is 23.1 Å². The number of halogens is 1. The molecule has 0 saturated carbocycles. The van der Waals surface area contributed by atoms with E-state index in [1.54, 1.807) is 32.4 Å². The number of aromatic amines is 1. The van der Waals surface area contributed by atoms with Gasteiger partial charge in [0.2, 0.25) is 0 Å². The maximum Gasteiger partial charge on any atom is 0.254 e. The molecule has 3 aromatic rings. The number of amides is 1. The third-order valence-corrected chi connectivity index (χ3v) is 5.09. The standard InChI is InChI=1S/C20H19ClN2O3/c1-25-18-6-3-12(9-19(18)26-2)20(24)23-8-7-17-15(11-23)14-10-13(21)4-5-16(14)22-17/h3-6,9-10,22H,7-8,11H2,1-2H3. The number of aromatic nitrogens is 1. The molecule has 0 bridgehead atoms. The van der Waals surface area contributed by atoms with Crippen molar-refractivity contribution >= 4 is 28.4 Å². The Labute approximate surface area is 156 Å². The van der Waals surface area contributed by atoms with Crippen LogP contribution in [0.25, 0.3) is 10.9 Å². The van der Waals surface area contributed by atoms with Crippen molar-refractivity contribution in [3.8, 4) is 11.5 Å². The first kappa shape index (κ1) is 16.8. The number of ether oxygens (including phenoxy) is 2. The zero-order chi connectivity index (χ0) is 18.3. The van der Waals surface area contributed by atoms with Crippen molar-refractivity contribution in [2.24, 2.45) is 0 Å². The van der Waals surface area contributed by atoms with Crippen LogP contribution in [0.4, 0.5) is 0 Å². The molecule has 134 valence electrons. The van der Waals surface area contributed by atoms with Gasteiger partial charge in [0, 0.05) is 52.3 Å². The molecule has 0 fully saturated rings. The molecule has 0 unspecified atom stereocenters. The smallest absolute Gasteiger partial charge is 0.254 e. The van der Waals surface area contributed by atoms with Crippen molar-refractivity contribution in [1.29, 1.82) is 0 Å². The van der Waals surface area contributed by atoms with Gasteiger partial charge in [0.25, 0.3) is 5.91 Å². The number of H-pyrrole nitrogens is 1. The van der Waals surface area contributed by atoms with Crippen LogP contribution in [0.2, 0.25) is 5.02 Å². The Morgan fingerprint density at radius 3 is 2.69 bits per heavy atom. The summed E-state index contributed by atoms with van der Waals surface area (Å²) < 4.78 is 10.6. The summed E-state index contributed by atoms with van der Waals surface area (Å²) in [7, 11) is 3.14. The van der Waals surface area contributed by atoms with Crippen LogP contribution in [0.15, 0.2) is 36.4 Å². The first-order valence-electron chi connectivity index (χ1n) is 8.41. The Morgan fingerprint density at radius 1 is 1.12 bits per heavy atom. The van der Waals surface area contributed by atoms with Gasteiger partial charge < -0.3 is 19.4 Å². The minimum atomic E-state index is -0.0204. The third-order valence-electron chi connectivity index (χ3n) is 4.85. The molecule has 0 atom stereocenters. The zero-order valence-electron chi connectivity index (χ0n) is 14.6. The molecule has 0 radical (unpaired) electrons. The minimum absolute atomic E-state index is 0.0204. The lowest BCUT2D eigenvalue weighted by Gasteiger charge is -2.27. The monoisotopic (exact) mass is 370 g/mol. The molecule has 1 aliphatic rings. The lowest BCUT2D eigenvalue weighted by Crippen LogP contribution is -2.35. The summed E-state index contributed by atoms with van der Waals surface area (Å²) in [6.07, 6.45) is 0.792. The van der Waals surface area contributed by atoms with E-state index in [9.17, 15) is 4.79 Å². The first-order valence-corrected chi connectivity index (χ1v) is 8.79. The summed E-state index contributed by atoms with van der Waals surface area (Å²) in [5.74, 6) is 1.14. The number of nitrogens with one attached hydrogen (secondary N) is 1. The largest absolute Gasteiger partial charge is 0.493 e. The highest BCUT2D eigenvalue weighted by Crippen LogP contribution is 2.32. The molecular weight excluding hydrogens is 352 g/mol. The van der Waals surface area contributed by atoms with E-state index in [-0.39, 0.29) is 5.91 Å². The topological polar surface area (TPSA) is 54.6 Å². The summed E-state index contributed by atoms with van der Waals surface area (Å²) >= 11 is 6.15. The molecule has 0 spiro atoms. The van der Waals surface area contributed by atoms with Crippen molar-refractivity contribution in [2.75, 3.05) is 20.8 Å². The maximum atomic E-state index is 13.0. The van der Waals surface area contributed by atoms with Crippen LogP contribution >= 0.6 is 11.6 Å². The second kappa shape index (κ2) is 6.57. The Balaban J connectivity index is 1.65. The van der Waals surface area contributed by atoms with Crippen LogP contribution < -0.4 is 9.47 Å². The van der Waals surface area contributed by atoms with Crippen LogP contribution in [0.1, 0.15) is 21.6 Å². The summed E-state index contributed by atoms with van der Waals surface area (Å²) in [6.45, 7) is 1.23. The molecule has 2 heterocycles. The van der Waals surface area contributed by atoms with Gasteiger partial charge in [-0.2, -0.15) is 0 Å². The lowest BCUT2D eigenvalue weighted by atomic mass is 10.0. The van der Waals surface area contributed by atoms with Gasteiger partial charge in [-0.25, -0.2) is 0 Å². The molecule has 4 rings (SSSR count). The van der Waals surface area contributed by atoms with Crippen molar-refractivity contribution in [2.45, 2.75) is 13.0 Å². The SMILES string of the molecule is COc1ccc(C(=O)N2CCc3[nH]c4ccc(Cl)cc4c3C2)cc1OC. The summed E-state index contributed by atoms with van der Waals surface area (Å²) in [5.41, 5.74) is 3.96. The first-order chi connectivity index (χ1) is 12.6. The normalized spacial score (nSPS) is 13.6. The number of nitrogens with zero attached hydrogens (tertiary/aromatic N) is 1. The Kier molecular flexibility index (Phi) is 4.24. The fourth-order valence-corrected chi connectivity index (χ4v) is 3.68. The molecule has 6 heteroatoms. The van der Waals surface area contributed by atoms with Gasteiger partial charge in [0.1, 0.15) is 0 Å². The number of hydrogen-bond donors (Lipinski definition) is 1. The van der Waals surface area contributed by atoms with E-state index in [4.69, 9.17) is 21.1 Å². The lowest BCUT2D eigenvalue weighted by molar-refractivity contribution is 0.0734. The van der Waals surface area contributed by atoms with Gasteiger partial charge in [-0.15, -0.1) is 0 Å². The third kappa shape index (κ3) is 2.78. The van der Waals surface area contributed by atoms with Crippen LogP contribution in [0.5, 0.6) is 11.5 Å². The highest BCUT2D eigenvalue weighted by Gasteiger charge is 2.25. The number of fused-ring (bicyclic) bond motifs is 3. The summed E-state index contributed by atoms with van der Waals surface area (Å²) in [4.78, 5) is 18.3. The molecule has 1 N–H and O–H groups in total. The highest BCUT2D eigenvalue weighted by atomic mass is 35.5. The summed E-state index contributed by atoms with van der Waals surface area (Å²) in [5, 5.41) is 1.78. The van der Waals surface area contributed by atoms with E-state index in [1.165, 1.54) is 5.69 Å². The average molecular weight is 371 g/mol. The zero-order valence-corrected chi connectivity index (χ0v) is 15.4. The Hall–Kier alpha value is -2.66. The van der Waals surface area contributed by atoms with Gasteiger partial charge in [0.05, 0.1) is 14.2 Å². The number of carbonyl (C=O) groups is 1. The number of rotatable bonds is 3. The van der Waals surface area contributed by atoms with E-state index in [0.717, 1.165) is 22.9 Å². The van der Waals surface area contributed by atoms with Gasteiger partial charge in [-0.3, -0.25) is 4.79 Å². The van der Waals surface area contributed by atoms with Crippen molar-refractivity contribution in [3.63, 3.8) is 0 Å². The molecule has 5 nitrogen and oxygen atoms in total. The van der Waals surface area contributed by atoms with Gasteiger partial charge in [-0.05, 0) is 36.4 Å². The van der Waals surface area contributed by atoms with Gasteiger partial charge >= 0.3 is 0 Å². The van der Waals surface area contributed by atoms with Crippen LogP contribution in [-0.4, -0.2) is 36.6 Å². The summed E-state index contributed by atoms with van der Waals surface area (Å²) in [6, 6.07) is 11.1. The van der Waals surface area contributed by atoms with E-state index in [0.29, 0.717) is 35.2 Å². The highest BCUT2D eigenvalue weighted by molar-refractivity contribution is 6.31. The predicted molar refractivity (Wildman–Crippen MR) is 101 cm³/mol. The number of benzene rings is 2. The van der Waals surface area contributed by atoms with Crippen LogP contribution in [0.3, 0.4) is 0 Å². The second-order valence-corrected chi connectivity index (χ2v) is 6.75. The predicted octanol–water partition coefficient (Wildman–Crippen LogP) is 4.04. The molecule has 26 heavy (non-hydrogen) atoms. The molecule has 0 aliphatic carbocycles. The van der Waals surface area contributed by atoms with Crippen LogP contribution in [-0.2, 0) is 13.0 Å². The number of hydrogen-bond acceptors (Lipinski definition) is 3. The van der Waals surface area contributed by atoms with Crippen LogP contribution in [0, 0.1) is 0 Å². The number of carbonyl (C=O) groups excluding carboxylic acids is 1. The molecule has 2 aromatic carbocycles. The van der Waals surface area contributed by atoms with Crippen molar-refractivity contribution in [3.05, 3.63) is 58.2 Å². The maximum absolute atomic E-state index is 13.0. The molecular formula is C20H19ClN2O3.